The molecule has 2 aromatic heterocycles. The summed E-state index contributed by atoms with van der Waals surface area (Å²) in [5.41, 5.74) is 3.47. The first-order valence-corrected chi connectivity index (χ1v) is 8.26. The Hall–Kier alpha value is -2.04. The maximum absolute atomic E-state index is 6.29. The molecule has 1 aliphatic rings. The molecule has 1 unspecified atom stereocenters. The predicted octanol–water partition coefficient (Wildman–Crippen LogP) is 3.99. The molecule has 0 saturated heterocycles. The first-order valence-electron chi connectivity index (χ1n) is 7.89. The van der Waals surface area contributed by atoms with Crippen molar-refractivity contribution in [2.45, 2.75) is 25.4 Å². The maximum Gasteiger partial charge on any atom is 0.142 e. The Morgan fingerprint density at radius 2 is 2.22 bits per heavy atom. The molecule has 1 atom stereocenters. The van der Waals surface area contributed by atoms with Crippen LogP contribution < -0.4 is 10.1 Å². The summed E-state index contributed by atoms with van der Waals surface area (Å²) in [6.07, 6.45) is 5.94. The molecule has 0 saturated carbocycles. The van der Waals surface area contributed by atoms with Crippen molar-refractivity contribution in [1.82, 2.24) is 14.9 Å². The minimum atomic E-state index is 0.241. The van der Waals surface area contributed by atoms with E-state index in [2.05, 4.69) is 22.5 Å². The average Bonchev–Trinajstić information content (AvgIpc) is 2.87. The summed E-state index contributed by atoms with van der Waals surface area (Å²) in [6, 6.07) is 12.3. The number of nitrogens with zero attached hydrogens (tertiary/aromatic N) is 2. The van der Waals surface area contributed by atoms with Crippen LogP contribution >= 0.6 is 11.6 Å². The van der Waals surface area contributed by atoms with Gasteiger partial charge in [0.2, 0.25) is 0 Å². The van der Waals surface area contributed by atoms with Gasteiger partial charge in [0, 0.05) is 29.9 Å². The van der Waals surface area contributed by atoms with E-state index in [-0.39, 0.29) is 6.04 Å². The summed E-state index contributed by atoms with van der Waals surface area (Å²) < 4.78 is 7.73. The largest absolute Gasteiger partial charge is 0.492 e. The molecule has 23 heavy (non-hydrogen) atoms. The topological polar surface area (TPSA) is 38.6 Å². The van der Waals surface area contributed by atoms with Crippen molar-refractivity contribution in [2.24, 2.45) is 0 Å². The molecular weight excluding hydrogens is 310 g/mol. The molecule has 0 fully saturated rings. The Bertz CT molecular complexity index is 830. The number of halogens is 1. The first-order chi connectivity index (χ1) is 11.3. The van der Waals surface area contributed by atoms with Gasteiger partial charge in [-0.15, -0.1) is 0 Å². The standard InChI is InChI=1S/C18H18ClN3O/c19-15-6-3-5-14-16(7-4-10-23-18(14)15)20-11-13-12-21-22-9-2-1-8-17(13)22/h1-3,5-6,8-9,12,16,20H,4,7,10-11H2. The van der Waals surface area contributed by atoms with Gasteiger partial charge in [0.15, 0.2) is 0 Å². The zero-order valence-electron chi connectivity index (χ0n) is 12.7. The van der Waals surface area contributed by atoms with E-state index in [0.29, 0.717) is 11.6 Å². The summed E-state index contributed by atoms with van der Waals surface area (Å²) in [5.74, 6) is 0.823. The zero-order chi connectivity index (χ0) is 15.6. The average molecular weight is 328 g/mol. The van der Waals surface area contributed by atoms with Gasteiger partial charge in [-0.05, 0) is 31.0 Å². The molecule has 1 N–H and O–H groups in total. The highest BCUT2D eigenvalue weighted by Crippen LogP contribution is 2.37. The van der Waals surface area contributed by atoms with E-state index in [1.165, 1.54) is 5.56 Å². The second-order valence-corrected chi connectivity index (χ2v) is 6.19. The van der Waals surface area contributed by atoms with Crippen molar-refractivity contribution in [2.75, 3.05) is 6.61 Å². The van der Waals surface area contributed by atoms with E-state index < -0.39 is 0 Å². The SMILES string of the molecule is Clc1cccc2c1OCCCC2NCc1cnn2ccccc12. The molecule has 118 valence electrons. The Kier molecular flexibility index (Phi) is 3.93. The van der Waals surface area contributed by atoms with Gasteiger partial charge in [-0.3, -0.25) is 0 Å². The molecule has 0 aliphatic carbocycles. The predicted molar refractivity (Wildman–Crippen MR) is 91.0 cm³/mol. The van der Waals surface area contributed by atoms with Crippen LogP contribution in [-0.2, 0) is 6.54 Å². The molecule has 5 heteroatoms. The minimum absolute atomic E-state index is 0.241. The third kappa shape index (κ3) is 2.80. The highest BCUT2D eigenvalue weighted by molar-refractivity contribution is 6.32. The van der Waals surface area contributed by atoms with E-state index in [1.807, 2.05) is 41.2 Å². The van der Waals surface area contributed by atoms with E-state index in [1.54, 1.807) is 0 Å². The van der Waals surface area contributed by atoms with Crippen LogP contribution in [0.3, 0.4) is 0 Å². The molecule has 3 heterocycles. The van der Waals surface area contributed by atoms with Gasteiger partial charge in [-0.25, -0.2) is 4.52 Å². The smallest absolute Gasteiger partial charge is 0.142 e. The fourth-order valence-electron chi connectivity index (χ4n) is 3.14. The number of hydrogen-bond acceptors (Lipinski definition) is 3. The first kappa shape index (κ1) is 14.5. The Labute approximate surface area is 140 Å². The third-order valence-electron chi connectivity index (χ3n) is 4.30. The fraction of sp³-hybridized carbons (Fsp3) is 0.278. The summed E-state index contributed by atoms with van der Waals surface area (Å²) in [5, 5.41) is 8.73. The number of para-hydroxylation sites is 1. The van der Waals surface area contributed by atoms with E-state index in [0.717, 1.165) is 36.2 Å². The second kappa shape index (κ2) is 6.22. The molecule has 1 aliphatic heterocycles. The van der Waals surface area contributed by atoms with Crippen LogP contribution in [0, 0.1) is 0 Å². The number of hydrogen-bond donors (Lipinski definition) is 1. The number of aromatic nitrogens is 2. The highest BCUT2D eigenvalue weighted by Gasteiger charge is 2.21. The van der Waals surface area contributed by atoms with Crippen LogP contribution in [0.4, 0.5) is 0 Å². The van der Waals surface area contributed by atoms with Gasteiger partial charge >= 0.3 is 0 Å². The van der Waals surface area contributed by atoms with Gasteiger partial charge in [0.25, 0.3) is 0 Å². The molecule has 0 spiro atoms. The molecular formula is C18H18ClN3O. The lowest BCUT2D eigenvalue weighted by atomic mass is 10.0. The van der Waals surface area contributed by atoms with Gasteiger partial charge < -0.3 is 10.1 Å². The maximum atomic E-state index is 6.29. The van der Waals surface area contributed by atoms with Crippen LogP contribution in [0.25, 0.3) is 5.52 Å². The van der Waals surface area contributed by atoms with E-state index in [4.69, 9.17) is 16.3 Å². The van der Waals surface area contributed by atoms with Crippen LogP contribution in [0.15, 0.2) is 48.8 Å². The molecule has 0 bridgehead atoms. The van der Waals surface area contributed by atoms with Crippen molar-refractivity contribution in [3.8, 4) is 5.75 Å². The molecule has 3 aromatic rings. The van der Waals surface area contributed by atoms with Crippen molar-refractivity contribution in [3.05, 3.63) is 64.9 Å². The lowest BCUT2D eigenvalue weighted by Gasteiger charge is -2.18. The number of rotatable bonds is 3. The van der Waals surface area contributed by atoms with Crippen molar-refractivity contribution in [3.63, 3.8) is 0 Å². The number of nitrogens with one attached hydrogen (secondary N) is 1. The Balaban J connectivity index is 1.58. The minimum Gasteiger partial charge on any atom is -0.492 e. The van der Waals surface area contributed by atoms with Crippen molar-refractivity contribution < 1.29 is 4.74 Å². The van der Waals surface area contributed by atoms with Crippen LogP contribution in [-0.4, -0.2) is 16.2 Å². The molecule has 0 amide bonds. The quantitative estimate of drug-likeness (QED) is 0.790. The number of fused-ring (bicyclic) bond motifs is 2. The number of ether oxygens (including phenoxy) is 1. The Morgan fingerprint density at radius 1 is 1.26 bits per heavy atom. The van der Waals surface area contributed by atoms with Gasteiger partial charge in [0.1, 0.15) is 5.75 Å². The van der Waals surface area contributed by atoms with Gasteiger partial charge in [-0.1, -0.05) is 29.8 Å². The summed E-state index contributed by atoms with van der Waals surface area (Å²) in [4.78, 5) is 0. The lowest BCUT2D eigenvalue weighted by molar-refractivity contribution is 0.315. The molecule has 4 rings (SSSR count). The normalized spacial score (nSPS) is 17.5. The lowest BCUT2D eigenvalue weighted by Crippen LogP contribution is -2.20. The Morgan fingerprint density at radius 3 is 3.17 bits per heavy atom. The number of benzene rings is 1. The summed E-state index contributed by atoms with van der Waals surface area (Å²) in [6.45, 7) is 1.48. The molecule has 4 nitrogen and oxygen atoms in total. The van der Waals surface area contributed by atoms with E-state index >= 15 is 0 Å². The van der Waals surface area contributed by atoms with Gasteiger partial charge in [0.05, 0.1) is 23.3 Å². The second-order valence-electron chi connectivity index (χ2n) is 5.78. The van der Waals surface area contributed by atoms with Crippen molar-refractivity contribution in [1.29, 1.82) is 0 Å². The number of pyridine rings is 1. The van der Waals surface area contributed by atoms with Crippen LogP contribution in [0.5, 0.6) is 5.75 Å². The van der Waals surface area contributed by atoms with Crippen LogP contribution in [0.2, 0.25) is 5.02 Å². The highest BCUT2D eigenvalue weighted by atomic mass is 35.5. The van der Waals surface area contributed by atoms with E-state index in [9.17, 15) is 0 Å². The molecule has 0 radical (unpaired) electrons. The third-order valence-corrected chi connectivity index (χ3v) is 4.60. The summed E-state index contributed by atoms with van der Waals surface area (Å²) in [7, 11) is 0. The molecule has 1 aromatic carbocycles. The summed E-state index contributed by atoms with van der Waals surface area (Å²) >= 11 is 6.29. The van der Waals surface area contributed by atoms with Gasteiger partial charge in [-0.2, -0.15) is 5.10 Å². The zero-order valence-corrected chi connectivity index (χ0v) is 13.5. The monoisotopic (exact) mass is 327 g/mol. The van der Waals surface area contributed by atoms with Crippen molar-refractivity contribution >= 4 is 17.1 Å². The van der Waals surface area contributed by atoms with Crippen LogP contribution in [0.1, 0.15) is 30.0 Å². The fourth-order valence-corrected chi connectivity index (χ4v) is 3.37.